The molecule has 3 aromatic heterocycles. The molecule has 0 bridgehead atoms. The van der Waals surface area contributed by atoms with Gasteiger partial charge in [0.15, 0.2) is 6.61 Å². The van der Waals surface area contributed by atoms with Gasteiger partial charge in [0.1, 0.15) is 12.0 Å². The fourth-order valence-electron chi connectivity index (χ4n) is 1.50. The number of rotatable bonds is 4. The summed E-state index contributed by atoms with van der Waals surface area (Å²) in [6.45, 7) is 0.227. The lowest BCUT2D eigenvalue weighted by atomic mass is 10.3. The predicted molar refractivity (Wildman–Crippen MR) is 66.1 cm³/mol. The van der Waals surface area contributed by atoms with E-state index < -0.39 is 0 Å². The molecule has 0 amide bonds. The van der Waals surface area contributed by atoms with Crippen molar-refractivity contribution < 1.29 is 9.15 Å². The van der Waals surface area contributed by atoms with Gasteiger partial charge in [-0.15, -0.1) is 0 Å². The summed E-state index contributed by atoms with van der Waals surface area (Å²) in [5.41, 5.74) is 1.47. The molecule has 3 aromatic rings. The van der Waals surface area contributed by atoms with Crippen LogP contribution in [-0.4, -0.2) is 19.9 Å². The second-order valence-corrected chi connectivity index (χ2v) is 3.67. The minimum Gasteiger partial charge on any atom is -0.467 e. The molecule has 0 aliphatic heterocycles. The lowest BCUT2D eigenvalue weighted by Crippen LogP contribution is -1.98. The summed E-state index contributed by atoms with van der Waals surface area (Å²) < 4.78 is 10.4. The molecule has 6 nitrogen and oxygen atoms in total. The Bertz CT molecular complexity index is 624. The average Bonchev–Trinajstić information content (AvgIpc) is 3.00. The fraction of sp³-hybridized carbons (Fsp3) is 0.0769. The average molecular weight is 254 g/mol. The van der Waals surface area contributed by atoms with Crippen LogP contribution in [-0.2, 0) is 6.61 Å². The molecule has 0 N–H and O–H groups in total. The number of aromatic nitrogens is 4. The molecule has 0 aromatic carbocycles. The molecule has 94 valence electrons. The van der Waals surface area contributed by atoms with Crippen LogP contribution in [0.25, 0.3) is 11.4 Å². The first-order valence-corrected chi connectivity index (χ1v) is 5.66. The zero-order valence-electron chi connectivity index (χ0n) is 9.93. The summed E-state index contributed by atoms with van der Waals surface area (Å²) in [4.78, 5) is 16.6. The third-order valence-electron chi connectivity index (χ3n) is 2.38. The highest BCUT2D eigenvalue weighted by Gasteiger charge is 2.03. The van der Waals surface area contributed by atoms with Crippen molar-refractivity contribution in [2.24, 2.45) is 0 Å². The Morgan fingerprint density at radius 3 is 2.63 bits per heavy atom. The van der Waals surface area contributed by atoms with Gasteiger partial charge in [0.2, 0.25) is 11.8 Å². The molecule has 0 fully saturated rings. The van der Waals surface area contributed by atoms with Crippen molar-refractivity contribution in [2.75, 3.05) is 0 Å². The highest BCUT2D eigenvalue weighted by Crippen LogP contribution is 2.14. The summed E-state index contributed by atoms with van der Waals surface area (Å²) in [5, 5.41) is 0. The van der Waals surface area contributed by atoms with Gasteiger partial charge in [0.05, 0.1) is 24.3 Å². The maximum atomic E-state index is 5.39. The molecule has 0 radical (unpaired) electrons. The molecule has 3 heterocycles. The SMILES string of the molecule is c1ccc(-c2cnc(OCc3ncco3)cn2)nc1. The number of ether oxygens (including phenoxy) is 1. The number of nitrogens with zero attached hydrogens (tertiary/aromatic N) is 4. The van der Waals surface area contributed by atoms with Crippen molar-refractivity contribution in [1.82, 2.24) is 19.9 Å². The quantitative estimate of drug-likeness (QED) is 0.709. The molecule has 0 saturated carbocycles. The van der Waals surface area contributed by atoms with Crippen LogP contribution in [0.3, 0.4) is 0 Å². The number of hydrogen-bond donors (Lipinski definition) is 0. The van der Waals surface area contributed by atoms with Gasteiger partial charge >= 0.3 is 0 Å². The summed E-state index contributed by atoms with van der Waals surface area (Å²) in [6, 6.07) is 5.62. The zero-order valence-corrected chi connectivity index (χ0v) is 9.93. The first kappa shape index (κ1) is 11.3. The topological polar surface area (TPSA) is 73.9 Å². The Morgan fingerprint density at radius 2 is 1.95 bits per heavy atom. The highest BCUT2D eigenvalue weighted by atomic mass is 16.5. The van der Waals surface area contributed by atoms with E-state index in [0.29, 0.717) is 17.5 Å². The Balaban J connectivity index is 1.69. The zero-order chi connectivity index (χ0) is 12.9. The van der Waals surface area contributed by atoms with Crippen LogP contribution in [0.2, 0.25) is 0 Å². The van der Waals surface area contributed by atoms with Gasteiger partial charge in [0.25, 0.3) is 0 Å². The summed E-state index contributed by atoms with van der Waals surface area (Å²) in [5.74, 6) is 0.911. The minimum atomic E-state index is 0.227. The second kappa shape index (κ2) is 5.26. The Labute approximate surface area is 109 Å². The van der Waals surface area contributed by atoms with E-state index in [2.05, 4.69) is 19.9 Å². The fourth-order valence-corrected chi connectivity index (χ4v) is 1.50. The predicted octanol–water partition coefficient (Wildman–Crippen LogP) is 2.11. The van der Waals surface area contributed by atoms with Crippen LogP contribution >= 0.6 is 0 Å². The molecular weight excluding hydrogens is 244 g/mol. The van der Waals surface area contributed by atoms with E-state index in [-0.39, 0.29) is 6.61 Å². The normalized spacial score (nSPS) is 10.3. The molecule has 6 heteroatoms. The molecule has 0 unspecified atom stereocenters. The van der Waals surface area contributed by atoms with Crippen LogP contribution in [0.15, 0.2) is 53.7 Å². The van der Waals surface area contributed by atoms with E-state index in [0.717, 1.165) is 5.69 Å². The van der Waals surface area contributed by atoms with Gasteiger partial charge in [-0.25, -0.2) is 15.0 Å². The highest BCUT2D eigenvalue weighted by molar-refractivity contribution is 5.51. The Morgan fingerprint density at radius 1 is 0.947 bits per heavy atom. The van der Waals surface area contributed by atoms with E-state index >= 15 is 0 Å². The summed E-state index contributed by atoms with van der Waals surface area (Å²) in [7, 11) is 0. The molecule has 3 rings (SSSR count). The van der Waals surface area contributed by atoms with Gasteiger partial charge in [0, 0.05) is 6.20 Å². The maximum Gasteiger partial charge on any atom is 0.232 e. The lowest BCUT2D eigenvalue weighted by molar-refractivity contribution is 0.253. The third-order valence-corrected chi connectivity index (χ3v) is 2.38. The standard InChI is InChI=1S/C13H10N4O2/c1-2-4-14-10(3-1)11-7-17-12(8-16-11)19-9-13-15-5-6-18-13/h1-8H,9H2. The van der Waals surface area contributed by atoms with E-state index in [1.807, 2.05) is 18.2 Å². The van der Waals surface area contributed by atoms with Crippen LogP contribution in [0.1, 0.15) is 5.89 Å². The van der Waals surface area contributed by atoms with Crippen molar-refractivity contribution in [3.8, 4) is 17.3 Å². The van der Waals surface area contributed by atoms with E-state index in [9.17, 15) is 0 Å². The van der Waals surface area contributed by atoms with Crippen LogP contribution < -0.4 is 4.74 Å². The second-order valence-electron chi connectivity index (χ2n) is 3.67. The van der Waals surface area contributed by atoms with E-state index in [4.69, 9.17) is 9.15 Å². The lowest BCUT2D eigenvalue weighted by Gasteiger charge is -2.03. The van der Waals surface area contributed by atoms with Crippen LogP contribution in [0.4, 0.5) is 0 Å². The summed E-state index contributed by atoms with van der Waals surface area (Å²) in [6.07, 6.45) is 7.94. The summed E-state index contributed by atoms with van der Waals surface area (Å²) >= 11 is 0. The first-order chi connectivity index (χ1) is 9.42. The van der Waals surface area contributed by atoms with E-state index in [1.165, 1.54) is 6.26 Å². The molecule has 19 heavy (non-hydrogen) atoms. The van der Waals surface area contributed by atoms with Crippen molar-refractivity contribution in [3.63, 3.8) is 0 Å². The van der Waals surface area contributed by atoms with Crippen molar-refractivity contribution >= 4 is 0 Å². The van der Waals surface area contributed by atoms with Crippen molar-refractivity contribution in [3.05, 3.63) is 55.1 Å². The van der Waals surface area contributed by atoms with Crippen LogP contribution in [0.5, 0.6) is 5.88 Å². The number of hydrogen-bond acceptors (Lipinski definition) is 6. The molecule has 0 spiro atoms. The van der Waals surface area contributed by atoms with Gasteiger partial charge in [-0.3, -0.25) is 4.98 Å². The van der Waals surface area contributed by atoms with Gasteiger partial charge in [-0.2, -0.15) is 0 Å². The van der Waals surface area contributed by atoms with Gasteiger partial charge in [-0.1, -0.05) is 6.07 Å². The Kier molecular flexibility index (Phi) is 3.14. The largest absolute Gasteiger partial charge is 0.467 e. The molecule has 0 aliphatic rings. The third kappa shape index (κ3) is 2.74. The van der Waals surface area contributed by atoms with Crippen molar-refractivity contribution in [2.45, 2.75) is 6.61 Å². The van der Waals surface area contributed by atoms with Crippen molar-refractivity contribution in [1.29, 1.82) is 0 Å². The molecule has 0 aliphatic carbocycles. The van der Waals surface area contributed by atoms with Gasteiger partial charge < -0.3 is 9.15 Å². The Hall–Kier alpha value is -2.76. The maximum absolute atomic E-state index is 5.39. The van der Waals surface area contributed by atoms with Crippen LogP contribution in [0, 0.1) is 0 Å². The molecular formula is C13H10N4O2. The van der Waals surface area contributed by atoms with E-state index in [1.54, 1.807) is 24.8 Å². The molecule has 0 atom stereocenters. The first-order valence-electron chi connectivity index (χ1n) is 5.66. The monoisotopic (exact) mass is 254 g/mol. The smallest absolute Gasteiger partial charge is 0.232 e. The minimum absolute atomic E-state index is 0.227. The van der Waals surface area contributed by atoms with Gasteiger partial charge in [-0.05, 0) is 12.1 Å². The number of oxazole rings is 1. The number of pyridine rings is 1. The molecule has 0 saturated heterocycles.